The maximum atomic E-state index is 13.9. The Balaban J connectivity index is 2.16. The fraction of sp³-hybridized carbons (Fsp3) is 0.176. The van der Waals surface area contributed by atoms with E-state index in [9.17, 15) is 14.0 Å². The maximum absolute atomic E-state index is 13.9. The lowest BCUT2D eigenvalue weighted by molar-refractivity contribution is -0.115. The molecule has 0 spiro atoms. The smallest absolute Gasteiger partial charge is 0.258 e. The zero-order chi connectivity index (χ0) is 17.7. The van der Waals surface area contributed by atoms with Gasteiger partial charge in [-0.25, -0.2) is 4.39 Å². The Morgan fingerprint density at radius 1 is 1.08 bits per heavy atom. The summed E-state index contributed by atoms with van der Waals surface area (Å²) in [5.74, 6) is -0.928. The zero-order valence-electron chi connectivity index (χ0n) is 13.1. The molecule has 2 aromatic rings. The standard InChI is InChI=1S/C17H16BrFN2O3/c1-10(18)16(22)21-12-5-8-15(19)14(9-12)17(23)20-11-3-6-13(24-2)7-4-11/h3-10H,1-2H3,(H,20,23)(H,21,22). The lowest BCUT2D eigenvalue weighted by Gasteiger charge is -2.10. The van der Waals surface area contributed by atoms with Crippen molar-refractivity contribution in [3.63, 3.8) is 0 Å². The zero-order valence-corrected chi connectivity index (χ0v) is 14.7. The lowest BCUT2D eigenvalue weighted by atomic mass is 10.1. The van der Waals surface area contributed by atoms with Crippen molar-refractivity contribution in [2.45, 2.75) is 11.8 Å². The molecule has 126 valence electrons. The van der Waals surface area contributed by atoms with Gasteiger partial charge in [0.05, 0.1) is 17.5 Å². The maximum Gasteiger partial charge on any atom is 0.258 e. The van der Waals surface area contributed by atoms with Crippen LogP contribution in [-0.2, 0) is 4.79 Å². The van der Waals surface area contributed by atoms with Crippen molar-refractivity contribution in [2.75, 3.05) is 17.7 Å². The highest BCUT2D eigenvalue weighted by Gasteiger charge is 2.15. The predicted octanol–water partition coefficient (Wildman–Crippen LogP) is 3.81. The molecule has 0 bridgehead atoms. The van der Waals surface area contributed by atoms with Crippen LogP contribution < -0.4 is 15.4 Å². The number of nitrogens with one attached hydrogen (secondary N) is 2. The molecule has 0 aliphatic carbocycles. The number of carbonyl (C=O) groups excluding carboxylic acids is 2. The number of ether oxygens (including phenoxy) is 1. The van der Waals surface area contributed by atoms with E-state index in [4.69, 9.17) is 4.74 Å². The number of methoxy groups -OCH3 is 1. The molecule has 0 radical (unpaired) electrons. The molecule has 0 saturated carbocycles. The third kappa shape index (κ3) is 4.55. The first-order valence-electron chi connectivity index (χ1n) is 7.10. The molecule has 2 rings (SSSR count). The normalized spacial score (nSPS) is 11.5. The highest BCUT2D eigenvalue weighted by atomic mass is 79.9. The van der Waals surface area contributed by atoms with E-state index in [1.54, 1.807) is 31.2 Å². The molecular weight excluding hydrogens is 379 g/mol. The molecule has 0 aromatic heterocycles. The first-order valence-corrected chi connectivity index (χ1v) is 8.02. The molecule has 0 saturated heterocycles. The highest BCUT2D eigenvalue weighted by Crippen LogP contribution is 2.19. The average molecular weight is 395 g/mol. The van der Waals surface area contributed by atoms with Gasteiger partial charge in [0, 0.05) is 11.4 Å². The van der Waals surface area contributed by atoms with Crippen molar-refractivity contribution < 1.29 is 18.7 Å². The molecule has 0 aliphatic rings. The number of hydrogen-bond acceptors (Lipinski definition) is 3. The van der Waals surface area contributed by atoms with Crippen LogP contribution in [0.1, 0.15) is 17.3 Å². The first kappa shape index (κ1) is 17.9. The number of halogens is 2. The van der Waals surface area contributed by atoms with Crippen LogP contribution in [0.15, 0.2) is 42.5 Å². The molecule has 1 unspecified atom stereocenters. The van der Waals surface area contributed by atoms with E-state index in [-0.39, 0.29) is 11.5 Å². The number of carbonyl (C=O) groups is 2. The molecule has 2 aromatic carbocycles. The molecule has 2 N–H and O–H groups in total. The fourth-order valence-electron chi connectivity index (χ4n) is 1.89. The molecule has 5 nitrogen and oxygen atoms in total. The molecular formula is C17H16BrFN2O3. The van der Waals surface area contributed by atoms with Gasteiger partial charge in [0.1, 0.15) is 11.6 Å². The molecule has 1 atom stereocenters. The second-order valence-electron chi connectivity index (χ2n) is 4.98. The van der Waals surface area contributed by atoms with Crippen LogP contribution in [0.2, 0.25) is 0 Å². The van der Waals surface area contributed by atoms with Gasteiger partial charge in [-0.3, -0.25) is 9.59 Å². The number of alkyl halides is 1. The predicted molar refractivity (Wildman–Crippen MR) is 94.4 cm³/mol. The van der Waals surface area contributed by atoms with Crippen LogP contribution in [-0.4, -0.2) is 23.8 Å². The van der Waals surface area contributed by atoms with Gasteiger partial charge in [-0.15, -0.1) is 0 Å². The summed E-state index contributed by atoms with van der Waals surface area (Å²) in [5.41, 5.74) is 0.683. The Labute approximate surface area is 147 Å². The van der Waals surface area contributed by atoms with Crippen molar-refractivity contribution >= 4 is 39.1 Å². The Kier molecular flexibility index (Phi) is 5.92. The Bertz CT molecular complexity index is 748. The summed E-state index contributed by atoms with van der Waals surface area (Å²) in [6.45, 7) is 1.66. The molecule has 24 heavy (non-hydrogen) atoms. The summed E-state index contributed by atoms with van der Waals surface area (Å²) >= 11 is 3.14. The third-order valence-corrected chi connectivity index (χ3v) is 3.60. The fourth-order valence-corrected chi connectivity index (χ4v) is 2.01. The van der Waals surface area contributed by atoms with E-state index >= 15 is 0 Å². The van der Waals surface area contributed by atoms with E-state index in [0.717, 1.165) is 6.07 Å². The minimum atomic E-state index is -0.675. The van der Waals surface area contributed by atoms with Crippen LogP contribution in [0.3, 0.4) is 0 Å². The number of rotatable bonds is 5. The van der Waals surface area contributed by atoms with Gasteiger partial charge in [-0.1, -0.05) is 15.9 Å². The second-order valence-corrected chi connectivity index (χ2v) is 6.36. The summed E-state index contributed by atoms with van der Waals surface area (Å²) in [7, 11) is 1.54. The van der Waals surface area contributed by atoms with Crippen molar-refractivity contribution in [1.29, 1.82) is 0 Å². The monoisotopic (exact) mass is 394 g/mol. The highest BCUT2D eigenvalue weighted by molar-refractivity contribution is 9.10. The van der Waals surface area contributed by atoms with Gasteiger partial charge in [-0.05, 0) is 49.4 Å². The van der Waals surface area contributed by atoms with Gasteiger partial charge in [0.15, 0.2) is 0 Å². The third-order valence-electron chi connectivity index (χ3n) is 3.19. The van der Waals surface area contributed by atoms with E-state index in [0.29, 0.717) is 17.1 Å². The summed E-state index contributed by atoms with van der Waals surface area (Å²) < 4.78 is 19.0. The van der Waals surface area contributed by atoms with Crippen molar-refractivity contribution in [2.24, 2.45) is 0 Å². The van der Waals surface area contributed by atoms with Gasteiger partial charge < -0.3 is 15.4 Å². The van der Waals surface area contributed by atoms with Gasteiger partial charge in [0.25, 0.3) is 5.91 Å². The number of amides is 2. The topological polar surface area (TPSA) is 67.4 Å². The van der Waals surface area contributed by atoms with Crippen LogP contribution in [0.5, 0.6) is 5.75 Å². The number of anilines is 2. The minimum absolute atomic E-state index is 0.161. The van der Waals surface area contributed by atoms with Crippen LogP contribution in [0.25, 0.3) is 0 Å². The molecule has 7 heteroatoms. The van der Waals surface area contributed by atoms with Crippen LogP contribution >= 0.6 is 15.9 Å². The van der Waals surface area contributed by atoms with Gasteiger partial charge >= 0.3 is 0 Å². The van der Waals surface area contributed by atoms with E-state index in [1.165, 1.54) is 19.2 Å². The minimum Gasteiger partial charge on any atom is -0.497 e. The molecule has 0 aliphatic heterocycles. The lowest BCUT2D eigenvalue weighted by Crippen LogP contribution is -2.20. The summed E-state index contributed by atoms with van der Waals surface area (Å²) in [4.78, 5) is 23.5. The average Bonchev–Trinajstić information content (AvgIpc) is 2.57. The largest absolute Gasteiger partial charge is 0.497 e. The van der Waals surface area contributed by atoms with E-state index < -0.39 is 16.6 Å². The SMILES string of the molecule is COc1ccc(NC(=O)c2cc(NC(=O)C(C)Br)ccc2F)cc1. The van der Waals surface area contributed by atoms with Gasteiger partial charge in [-0.2, -0.15) is 0 Å². The Hall–Kier alpha value is -2.41. The van der Waals surface area contributed by atoms with Crippen LogP contribution in [0, 0.1) is 5.82 Å². The van der Waals surface area contributed by atoms with Crippen molar-refractivity contribution in [3.05, 3.63) is 53.8 Å². The van der Waals surface area contributed by atoms with Crippen molar-refractivity contribution in [3.8, 4) is 5.75 Å². The summed E-state index contributed by atoms with van der Waals surface area (Å²) in [5, 5.41) is 5.19. The quantitative estimate of drug-likeness (QED) is 0.757. The van der Waals surface area contributed by atoms with Crippen molar-refractivity contribution in [1.82, 2.24) is 0 Å². The van der Waals surface area contributed by atoms with E-state index in [2.05, 4.69) is 26.6 Å². The second kappa shape index (κ2) is 7.92. The Morgan fingerprint density at radius 2 is 1.71 bits per heavy atom. The molecule has 0 fully saturated rings. The van der Waals surface area contributed by atoms with Crippen LogP contribution in [0.4, 0.5) is 15.8 Å². The molecule has 2 amide bonds. The summed E-state index contributed by atoms with van der Waals surface area (Å²) in [6, 6.07) is 10.5. The number of benzene rings is 2. The Morgan fingerprint density at radius 3 is 2.29 bits per heavy atom. The first-order chi connectivity index (χ1) is 11.4. The molecule has 0 heterocycles. The van der Waals surface area contributed by atoms with Gasteiger partial charge in [0.2, 0.25) is 5.91 Å². The van der Waals surface area contributed by atoms with E-state index in [1.807, 2.05) is 0 Å². The number of hydrogen-bond donors (Lipinski definition) is 2. The summed E-state index contributed by atoms with van der Waals surface area (Å²) in [6.07, 6.45) is 0.